The van der Waals surface area contributed by atoms with E-state index in [9.17, 15) is 9.59 Å². The van der Waals surface area contributed by atoms with Crippen LogP contribution >= 0.6 is 35.2 Å². The van der Waals surface area contributed by atoms with Crippen molar-refractivity contribution in [3.63, 3.8) is 0 Å². The minimum absolute atomic E-state index is 0.0798. The summed E-state index contributed by atoms with van der Waals surface area (Å²) in [5.41, 5.74) is 3.89. The Morgan fingerprint density at radius 1 is 0.972 bits per heavy atom. The molecule has 9 heteroatoms. The summed E-state index contributed by atoms with van der Waals surface area (Å²) in [4.78, 5) is 35.0. The number of carbonyl (C=O) groups excluding carboxylic acids is 2. The number of benzene rings is 3. The molecule has 2 amide bonds. The van der Waals surface area contributed by atoms with Crippen molar-refractivity contribution in [3.8, 4) is 11.3 Å². The average Bonchev–Trinajstić information content (AvgIpc) is 3.35. The molecule has 4 aromatic rings. The van der Waals surface area contributed by atoms with Crippen molar-refractivity contribution >= 4 is 68.6 Å². The number of rotatable bonds is 6. The Morgan fingerprint density at radius 2 is 1.69 bits per heavy atom. The molecule has 0 aliphatic carbocycles. The molecule has 180 valence electrons. The van der Waals surface area contributed by atoms with Crippen molar-refractivity contribution in [3.05, 3.63) is 94.8 Å². The molecule has 1 saturated heterocycles. The molecule has 1 aromatic heterocycles. The molecule has 1 aliphatic rings. The Balaban J connectivity index is 1.53. The zero-order valence-electron chi connectivity index (χ0n) is 19.2. The van der Waals surface area contributed by atoms with Crippen LogP contribution in [-0.4, -0.2) is 28.5 Å². The van der Waals surface area contributed by atoms with Gasteiger partial charge in [-0.15, -0.1) is 11.3 Å². The summed E-state index contributed by atoms with van der Waals surface area (Å²) in [6.07, 6.45) is 0. The molecule has 6 nitrogen and oxygen atoms in total. The number of para-hydroxylation sites is 1. The molecule has 5 rings (SSSR count). The lowest BCUT2D eigenvalue weighted by Gasteiger charge is -2.38. The highest BCUT2D eigenvalue weighted by atomic mass is 35.5. The first-order chi connectivity index (χ1) is 17.4. The fourth-order valence-corrected chi connectivity index (χ4v) is 5.47. The minimum atomic E-state index is -1.01. The first-order valence-electron chi connectivity index (χ1n) is 11.2. The quantitative estimate of drug-likeness (QED) is 0.238. The smallest absolute Gasteiger partial charge is 0.249 e. The highest BCUT2D eigenvalue weighted by Gasteiger charge is 2.46. The highest BCUT2D eigenvalue weighted by Crippen LogP contribution is 2.34. The van der Waals surface area contributed by atoms with Gasteiger partial charge in [0.25, 0.3) is 0 Å². The number of nitrogens with zero attached hydrogens (tertiary/aromatic N) is 3. The topological polar surface area (TPSA) is 65.5 Å². The van der Waals surface area contributed by atoms with Gasteiger partial charge in [0, 0.05) is 28.2 Å². The lowest BCUT2D eigenvalue weighted by molar-refractivity contribution is -0.131. The third kappa shape index (κ3) is 4.63. The van der Waals surface area contributed by atoms with Crippen LogP contribution in [0.25, 0.3) is 11.3 Å². The second kappa shape index (κ2) is 10.2. The van der Waals surface area contributed by atoms with Crippen molar-refractivity contribution < 1.29 is 9.59 Å². The Bertz CT molecular complexity index is 1460. The number of aromatic nitrogens is 1. The first kappa shape index (κ1) is 24.1. The minimum Gasteiger partial charge on any atom is -0.384 e. The number of hydrogen-bond donors (Lipinski definition) is 1. The van der Waals surface area contributed by atoms with E-state index < -0.39 is 11.8 Å². The van der Waals surface area contributed by atoms with E-state index in [0.717, 1.165) is 16.8 Å². The van der Waals surface area contributed by atoms with Gasteiger partial charge in [-0.1, -0.05) is 66.2 Å². The van der Waals surface area contributed by atoms with E-state index in [2.05, 4.69) is 5.32 Å². The number of nitrogens with one attached hydrogen (secondary N) is 1. The van der Waals surface area contributed by atoms with E-state index in [1.165, 1.54) is 21.1 Å². The number of carbonyl (C=O) groups is 2. The zero-order valence-corrected chi connectivity index (χ0v) is 21.6. The Labute approximate surface area is 223 Å². The van der Waals surface area contributed by atoms with Gasteiger partial charge in [0.1, 0.15) is 5.92 Å². The standard InChI is InChI=1S/C27H21ClN4O2S2/c1-17-8-5-6-13-23(17)31-24(33)21(15-29-20-12-7-11-19(28)14-20)25(34)32(27(31)35)26-30-22(16-36-26)18-9-3-2-4-10-18/h2-14,16,21,29H,15H2,1H3. The van der Waals surface area contributed by atoms with E-state index in [-0.39, 0.29) is 17.6 Å². The van der Waals surface area contributed by atoms with E-state index >= 15 is 0 Å². The van der Waals surface area contributed by atoms with Gasteiger partial charge in [-0.05, 0) is 49.0 Å². The normalized spacial score (nSPS) is 15.9. The van der Waals surface area contributed by atoms with Crippen LogP contribution in [0.5, 0.6) is 0 Å². The Morgan fingerprint density at radius 3 is 2.44 bits per heavy atom. The van der Waals surface area contributed by atoms with Crippen molar-refractivity contribution in [1.82, 2.24) is 4.98 Å². The summed E-state index contributed by atoms with van der Waals surface area (Å²) in [6, 6.07) is 24.3. The van der Waals surface area contributed by atoms with E-state index in [1.54, 1.807) is 18.2 Å². The zero-order chi connectivity index (χ0) is 25.2. The number of amides is 2. The lowest BCUT2D eigenvalue weighted by Crippen LogP contribution is -2.61. The van der Waals surface area contributed by atoms with Crippen molar-refractivity contribution in [1.29, 1.82) is 0 Å². The molecule has 3 aromatic carbocycles. The molecular formula is C27H21ClN4O2S2. The van der Waals surface area contributed by atoms with E-state index in [4.69, 9.17) is 28.8 Å². The van der Waals surface area contributed by atoms with Crippen molar-refractivity contribution in [2.45, 2.75) is 6.92 Å². The van der Waals surface area contributed by atoms with Gasteiger partial charge in [0.2, 0.25) is 11.8 Å². The third-order valence-corrected chi connectivity index (χ3v) is 7.29. The first-order valence-corrected chi connectivity index (χ1v) is 12.9. The molecule has 1 atom stereocenters. The predicted octanol–water partition coefficient (Wildman–Crippen LogP) is 6.16. The van der Waals surface area contributed by atoms with Gasteiger partial charge in [-0.3, -0.25) is 14.5 Å². The van der Waals surface area contributed by atoms with Crippen LogP contribution in [0.4, 0.5) is 16.5 Å². The molecule has 0 radical (unpaired) electrons. The number of thiocarbonyl (C=S) groups is 1. The average molecular weight is 533 g/mol. The molecule has 1 N–H and O–H groups in total. The monoisotopic (exact) mass is 532 g/mol. The maximum absolute atomic E-state index is 13.7. The molecule has 1 aliphatic heterocycles. The third-order valence-electron chi connectivity index (χ3n) is 5.86. The summed E-state index contributed by atoms with van der Waals surface area (Å²) < 4.78 is 0. The maximum Gasteiger partial charge on any atom is 0.249 e. The summed E-state index contributed by atoms with van der Waals surface area (Å²) >= 11 is 13.2. The lowest BCUT2D eigenvalue weighted by atomic mass is 10.0. The molecule has 0 saturated carbocycles. The predicted molar refractivity (Wildman–Crippen MR) is 150 cm³/mol. The summed E-state index contributed by atoms with van der Waals surface area (Å²) in [7, 11) is 0. The number of halogens is 1. The van der Waals surface area contributed by atoms with Gasteiger partial charge in [0.05, 0.1) is 11.4 Å². The molecule has 36 heavy (non-hydrogen) atoms. The molecule has 0 bridgehead atoms. The van der Waals surface area contributed by atoms with Crippen molar-refractivity contribution in [2.24, 2.45) is 5.92 Å². The largest absolute Gasteiger partial charge is 0.384 e. The van der Waals surface area contributed by atoms with Crippen LogP contribution < -0.4 is 15.1 Å². The van der Waals surface area contributed by atoms with E-state index in [0.29, 0.717) is 21.5 Å². The van der Waals surface area contributed by atoms with Crippen molar-refractivity contribution in [2.75, 3.05) is 21.7 Å². The van der Waals surface area contributed by atoms with Crippen LogP contribution in [0.1, 0.15) is 5.56 Å². The van der Waals surface area contributed by atoms with E-state index in [1.807, 2.05) is 73.0 Å². The molecule has 0 spiro atoms. The molecular weight excluding hydrogens is 512 g/mol. The fraction of sp³-hybridized carbons (Fsp3) is 0.111. The summed E-state index contributed by atoms with van der Waals surface area (Å²) in [5.74, 6) is -1.82. The maximum atomic E-state index is 13.7. The number of hydrogen-bond acceptors (Lipinski definition) is 6. The molecule has 1 unspecified atom stereocenters. The van der Waals surface area contributed by atoms with Crippen LogP contribution in [0.15, 0.2) is 84.2 Å². The Hall–Kier alpha value is -3.59. The Kier molecular flexibility index (Phi) is 6.82. The second-order valence-corrected chi connectivity index (χ2v) is 9.88. The highest BCUT2D eigenvalue weighted by molar-refractivity contribution is 7.81. The van der Waals surface area contributed by atoms with Gasteiger partial charge >= 0.3 is 0 Å². The fourth-order valence-electron chi connectivity index (χ4n) is 4.02. The van der Waals surface area contributed by atoms with Crippen LogP contribution in [0, 0.1) is 12.8 Å². The number of aryl methyl sites for hydroxylation is 1. The SMILES string of the molecule is Cc1ccccc1N1C(=O)C(CNc2cccc(Cl)c2)C(=O)N(c2nc(-c3ccccc3)cs2)C1=S. The van der Waals surface area contributed by atoms with Gasteiger partial charge < -0.3 is 5.32 Å². The van der Waals surface area contributed by atoms with Crippen LogP contribution in [0.3, 0.4) is 0 Å². The number of anilines is 3. The second-order valence-electron chi connectivity index (χ2n) is 8.24. The molecule has 2 heterocycles. The van der Waals surface area contributed by atoms with Crippen LogP contribution in [0.2, 0.25) is 5.02 Å². The number of thiazole rings is 1. The van der Waals surface area contributed by atoms with Gasteiger partial charge in [-0.2, -0.15) is 0 Å². The van der Waals surface area contributed by atoms with Gasteiger partial charge in [0.15, 0.2) is 10.2 Å². The van der Waals surface area contributed by atoms with Gasteiger partial charge in [-0.25, -0.2) is 9.88 Å². The summed E-state index contributed by atoms with van der Waals surface area (Å²) in [5, 5.41) is 6.13. The van der Waals surface area contributed by atoms with Crippen LogP contribution in [-0.2, 0) is 9.59 Å². The molecule has 1 fully saturated rings. The summed E-state index contributed by atoms with van der Waals surface area (Å²) in [6.45, 7) is 1.98.